The van der Waals surface area contributed by atoms with Crippen molar-refractivity contribution in [3.05, 3.63) is 17.7 Å². The van der Waals surface area contributed by atoms with E-state index < -0.39 is 0 Å². The van der Waals surface area contributed by atoms with Gasteiger partial charge >= 0.3 is 7.12 Å². The second-order valence-electron chi connectivity index (χ2n) is 6.49. The fourth-order valence-electron chi connectivity index (χ4n) is 2.54. The highest BCUT2D eigenvalue weighted by Gasteiger charge is 2.52. The van der Waals surface area contributed by atoms with E-state index in [1.165, 1.54) is 16.9 Å². The lowest BCUT2D eigenvalue weighted by Gasteiger charge is -2.32. The van der Waals surface area contributed by atoms with E-state index in [1.54, 1.807) is 0 Å². The molecule has 4 nitrogen and oxygen atoms in total. The molecule has 112 valence electrons. The molecule has 1 saturated heterocycles. The van der Waals surface area contributed by atoms with Gasteiger partial charge in [0.25, 0.3) is 0 Å². The number of nitrogen functional groups attached to an aromatic ring is 1. The SMILES string of the molecule is CCc1ccc(B2OC(C)(C)C(C)(C)O2)c2sc(N)nc12. The molecule has 0 bridgehead atoms. The highest BCUT2D eigenvalue weighted by molar-refractivity contribution is 7.23. The van der Waals surface area contributed by atoms with Gasteiger partial charge in [0.05, 0.1) is 21.4 Å². The largest absolute Gasteiger partial charge is 0.496 e. The van der Waals surface area contributed by atoms with E-state index in [0.717, 1.165) is 22.1 Å². The summed E-state index contributed by atoms with van der Waals surface area (Å²) in [5, 5.41) is 0.587. The molecule has 6 heteroatoms. The van der Waals surface area contributed by atoms with Crippen LogP contribution in [0, 0.1) is 0 Å². The zero-order valence-electron chi connectivity index (χ0n) is 13.2. The molecule has 1 aromatic carbocycles. The lowest BCUT2D eigenvalue weighted by molar-refractivity contribution is 0.00578. The minimum Gasteiger partial charge on any atom is -0.399 e. The summed E-state index contributed by atoms with van der Waals surface area (Å²) in [5.41, 5.74) is 8.44. The summed E-state index contributed by atoms with van der Waals surface area (Å²) in [6.07, 6.45) is 0.934. The number of rotatable bonds is 2. The minimum atomic E-state index is -0.372. The molecule has 2 aromatic rings. The van der Waals surface area contributed by atoms with E-state index in [4.69, 9.17) is 15.0 Å². The van der Waals surface area contributed by atoms with E-state index in [0.29, 0.717) is 5.13 Å². The smallest absolute Gasteiger partial charge is 0.399 e. The van der Waals surface area contributed by atoms with Crippen LogP contribution < -0.4 is 11.2 Å². The minimum absolute atomic E-state index is 0.344. The van der Waals surface area contributed by atoms with Crippen LogP contribution in [-0.4, -0.2) is 23.3 Å². The third-order valence-electron chi connectivity index (χ3n) is 4.56. The number of fused-ring (bicyclic) bond motifs is 1. The van der Waals surface area contributed by atoms with Gasteiger partial charge in [-0.15, -0.1) is 0 Å². The molecule has 0 atom stereocenters. The topological polar surface area (TPSA) is 57.4 Å². The molecule has 3 rings (SSSR count). The molecule has 2 heterocycles. The van der Waals surface area contributed by atoms with E-state index >= 15 is 0 Å². The lowest BCUT2D eigenvalue weighted by atomic mass is 9.78. The normalized spacial score (nSPS) is 20.3. The first-order valence-electron chi connectivity index (χ1n) is 7.28. The Kier molecular flexibility index (Phi) is 3.31. The first-order chi connectivity index (χ1) is 9.75. The summed E-state index contributed by atoms with van der Waals surface area (Å²) in [6.45, 7) is 10.4. The van der Waals surface area contributed by atoms with Gasteiger partial charge in [-0.1, -0.05) is 30.4 Å². The van der Waals surface area contributed by atoms with Crippen LogP contribution in [0.5, 0.6) is 0 Å². The highest BCUT2D eigenvalue weighted by Crippen LogP contribution is 2.37. The Balaban J connectivity index is 2.11. The lowest BCUT2D eigenvalue weighted by Crippen LogP contribution is -2.41. The van der Waals surface area contributed by atoms with Crippen molar-refractivity contribution >= 4 is 39.3 Å². The second kappa shape index (κ2) is 4.70. The first-order valence-corrected chi connectivity index (χ1v) is 8.10. The molecule has 2 N–H and O–H groups in total. The molecule has 0 radical (unpaired) electrons. The Bertz CT molecular complexity index is 680. The molecule has 0 unspecified atom stereocenters. The number of hydrogen-bond donors (Lipinski definition) is 1. The predicted octanol–water partition coefficient (Wildman–Crippen LogP) is 2.74. The number of anilines is 1. The second-order valence-corrected chi connectivity index (χ2v) is 7.52. The molecule has 1 aromatic heterocycles. The van der Waals surface area contributed by atoms with Crippen molar-refractivity contribution in [3.63, 3.8) is 0 Å². The van der Waals surface area contributed by atoms with Crippen molar-refractivity contribution in [2.45, 2.75) is 52.2 Å². The van der Waals surface area contributed by atoms with Gasteiger partial charge in [-0.25, -0.2) is 4.98 Å². The number of aromatic nitrogens is 1. The van der Waals surface area contributed by atoms with Crippen LogP contribution >= 0.6 is 11.3 Å². The van der Waals surface area contributed by atoms with E-state index in [-0.39, 0.29) is 18.3 Å². The molecule has 1 fully saturated rings. The van der Waals surface area contributed by atoms with Gasteiger partial charge in [-0.2, -0.15) is 0 Å². The van der Waals surface area contributed by atoms with Crippen LogP contribution in [0.4, 0.5) is 5.13 Å². The van der Waals surface area contributed by atoms with Crippen LogP contribution in [0.1, 0.15) is 40.2 Å². The quantitative estimate of drug-likeness (QED) is 0.867. The Labute approximate surface area is 129 Å². The number of nitrogens with zero attached hydrogens (tertiary/aromatic N) is 1. The van der Waals surface area contributed by atoms with Crippen molar-refractivity contribution in [1.29, 1.82) is 0 Å². The van der Waals surface area contributed by atoms with Crippen molar-refractivity contribution in [2.24, 2.45) is 0 Å². The zero-order valence-corrected chi connectivity index (χ0v) is 14.0. The average molecular weight is 304 g/mol. The summed E-state index contributed by atoms with van der Waals surface area (Å²) in [4.78, 5) is 4.47. The van der Waals surface area contributed by atoms with Crippen LogP contribution in [0.15, 0.2) is 12.1 Å². The number of thiazole rings is 1. The van der Waals surface area contributed by atoms with Gasteiger partial charge in [0, 0.05) is 5.46 Å². The fraction of sp³-hybridized carbons (Fsp3) is 0.533. The summed E-state index contributed by atoms with van der Waals surface area (Å²) >= 11 is 1.50. The molecule has 0 spiro atoms. The van der Waals surface area contributed by atoms with Gasteiger partial charge in [-0.05, 0) is 39.7 Å². The third kappa shape index (κ3) is 2.26. The standard InChI is InChI=1S/C15H21BN2O2S/c1-6-9-7-8-10(12-11(9)18-13(17)21-12)16-19-14(2,3)15(4,5)20-16/h7-8H,6H2,1-5H3,(H2,17,18). The summed E-state index contributed by atoms with van der Waals surface area (Å²) < 4.78 is 13.4. The number of nitrogens with two attached hydrogens (primary N) is 1. The van der Waals surface area contributed by atoms with Gasteiger partial charge in [-0.3, -0.25) is 0 Å². The molecular weight excluding hydrogens is 283 g/mol. The maximum absolute atomic E-state index is 6.16. The predicted molar refractivity (Wildman–Crippen MR) is 89.1 cm³/mol. The average Bonchev–Trinajstić information content (AvgIpc) is 2.85. The Morgan fingerprint density at radius 2 is 1.81 bits per heavy atom. The van der Waals surface area contributed by atoms with E-state index in [2.05, 4.69) is 51.7 Å². The Morgan fingerprint density at radius 1 is 1.19 bits per heavy atom. The maximum atomic E-state index is 6.16. The number of hydrogen-bond acceptors (Lipinski definition) is 5. The highest BCUT2D eigenvalue weighted by atomic mass is 32.1. The first kappa shape index (κ1) is 14.8. The van der Waals surface area contributed by atoms with E-state index in [9.17, 15) is 0 Å². The molecular formula is C15H21BN2O2S. The maximum Gasteiger partial charge on any atom is 0.496 e. The van der Waals surface area contributed by atoms with Gasteiger partial charge < -0.3 is 15.0 Å². The van der Waals surface area contributed by atoms with Crippen molar-refractivity contribution in [3.8, 4) is 0 Å². The summed E-state index contributed by atoms with van der Waals surface area (Å²) in [7, 11) is -0.372. The Morgan fingerprint density at radius 3 is 2.38 bits per heavy atom. The molecule has 0 aliphatic carbocycles. The molecule has 0 amide bonds. The Hall–Kier alpha value is -1.11. The van der Waals surface area contributed by atoms with Crippen molar-refractivity contribution in [2.75, 3.05) is 5.73 Å². The number of benzene rings is 1. The zero-order chi connectivity index (χ0) is 15.4. The van der Waals surface area contributed by atoms with Crippen LogP contribution in [0.2, 0.25) is 0 Å². The van der Waals surface area contributed by atoms with Crippen LogP contribution in [-0.2, 0) is 15.7 Å². The summed E-state index contributed by atoms with van der Waals surface area (Å²) in [5.74, 6) is 0. The number of aryl methyl sites for hydroxylation is 1. The molecule has 1 aliphatic heterocycles. The fourth-order valence-corrected chi connectivity index (χ4v) is 3.44. The van der Waals surface area contributed by atoms with E-state index in [1.807, 2.05) is 0 Å². The van der Waals surface area contributed by atoms with Crippen molar-refractivity contribution in [1.82, 2.24) is 4.98 Å². The summed E-state index contributed by atoms with van der Waals surface area (Å²) in [6, 6.07) is 4.18. The van der Waals surface area contributed by atoms with Crippen LogP contribution in [0.25, 0.3) is 10.2 Å². The molecule has 1 aliphatic rings. The van der Waals surface area contributed by atoms with Gasteiger partial charge in [0.15, 0.2) is 5.13 Å². The molecule has 21 heavy (non-hydrogen) atoms. The van der Waals surface area contributed by atoms with Crippen LogP contribution in [0.3, 0.4) is 0 Å². The van der Waals surface area contributed by atoms with Gasteiger partial charge in [0.2, 0.25) is 0 Å². The van der Waals surface area contributed by atoms with Crippen molar-refractivity contribution < 1.29 is 9.31 Å². The monoisotopic (exact) mass is 304 g/mol. The van der Waals surface area contributed by atoms with Gasteiger partial charge in [0.1, 0.15) is 0 Å². The molecule has 0 saturated carbocycles. The third-order valence-corrected chi connectivity index (χ3v) is 5.50.